The van der Waals surface area contributed by atoms with Crippen LogP contribution in [0.2, 0.25) is 0 Å². The Bertz CT molecular complexity index is 1620. The summed E-state index contributed by atoms with van der Waals surface area (Å²) in [5, 5.41) is 5.62. The van der Waals surface area contributed by atoms with Crippen LogP contribution in [0.15, 0.2) is 82.9 Å². The maximum absolute atomic E-state index is 6.32. The second-order valence-electron chi connectivity index (χ2n) is 9.17. The largest absolute Gasteiger partial charge is 0.456 e. The molecule has 4 heteroatoms. The van der Waals surface area contributed by atoms with Gasteiger partial charge in [-0.15, -0.1) is 11.3 Å². The molecule has 6 rings (SSSR count). The van der Waals surface area contributed by atoms with E-state index in [1.807, 2.05) is 30.6 Å². The van der Waals surface area contributed by atoms with E-state index in [2.05, 4.69) is 73.6 Å². The molecular formula is C28H22N2OS. The lowest BCUT2D eigenvalue weighted by Crippen LogP contribution is -2.12. The number of furan rings is 1. The fraction of sp³-hybridized carbons (Fsp3) is 0.143. The van der Waals surface area contributed by atoms with Crippen molar-refractivity contribution >= 4 is 43.3 Å². The van der Waals surface area contributed by atoms with Crippen molar-refractivity contribution < 1.29 is 4.42 Å². The predicted octanol–water partition coefficient (Wildman–Crippen LogP) is 8.22. The summed E-state index contributed by atoms with van der Waals surface area (Å²) in [5.41, 5.74) is 6.32. The van der Waals surface area contributed by atoms with Gasteiger partial charge in [0.15, 0.2) is 0 Å². The first kappa shape index (κ1) is 19.2. The summed E-state index contributed by atoms with van der Waals surface area (Å²) < 4.78 is 7.46. The lowest BCUT2D eigenvalue weighted by Gasteiger charge is -2.22. The molecule has 0 bridgehead atoms. The van der Waals surface area contributed by atoms with E-state index in [1.165, 1.54) is 16.3 Å². The van der Waals surface area contributed by atoms with Crippen LogP contribution in [0.3, 0.4) is 0 Å². The van der Waals surface area contributed by atoms with Crippen molar-refractivity contribution in [3.63, 3.8) is 0 Å². The minimum atomic E-state index is 0.0207. The van der Waals surface area contributed by atoms with E-state index in [1.54, 1.807) is 11.3 Å². The van der Waals surface area contributed by atoms with Crippen LogP contribution in [-0.2, 0) is 5.41 Å². The summed E-state index contributed by atoms with van der Waals surface area (Å²) in [6.45, 7) is 6.79. The third kappa shape index (κ3) is 3.02. The van der Waals surface area contributed by atoms with E-state index in [0.29, 0.717) is 0 Å². The zero-order valence-corrected chi connectivity index (χ0v) is 19.0. The maximum atomic E-state index is 6.32. The van der Waals surface area contributed by atoms with E-state index in [4.69, 9.17) is 9.40 Å². The molecule has 3 nitrogen and oxygen atoms in total. The van der Waals surface area contributed by atoms with E-state index < -0.39 is 0 Å². The predicted molar refractivity (Wildman–Crippen MR) is 134 cm³/mol. The molecule has 0 N–H and O–H groups in total. The van der Waals surface area contributed by atoms with Crippen LogP contribution in [-0.4, -0.2) is 9.97 Å². The molecule has 0 fully saturated rings. The second-order valence-corrected chi connectivity index (χ2v) is 10.1. The zero-order chi connectivity index (χ0) is 21.9. The Kier molecular flexibility index (Phi) is 4.21. The molecule has 0 unspecified atom stereocenters. The first-order chi connectivity index (χ1) is 15.5. The Morgan fingerprint density at radius 2 is 1.69 bits per heavy atom. The SMILES string of the molecule is CC(C)(C)c1cc(-c2nccc3oc(-c4ccnc5ccsc45)cc23)cc2ccccc12. The van der Waals surface area contributed by atoms with Gasteiger partial charge in [-0.2, -0.15) is 0 Å². The molecule has 0 aliphatic rings. The lowest BCUT2D eigenvalue weighted by atomic mass is 9.82. The van der Waals surface area contributed by atoms with E-state index in [-0.39, 0.29) is 5.41 Å². The number of rotatable bonds is 2. The minimum absolute atomic E-state index is 0.0207. The van der Waals surface area contributed by atoms with Crippen LogP contribution in [0.4, 0.5) is 0 Å². The van der Waals surface area contributed by atoms with Crippen molar-refractivity contribution in [3.8, 4) is 22.6 Å². The summed E-state index contributed by atoms with van der Waals surface area (Å²) in [4.78, 5) is 9.26. The van der Waals surface area contributed by atoms with Crippen molar-refractivity contribution in [1.29, 1.82) is 0 Å². The fourth-order valence-electron chi connectivity index (χ4n) is 4.46. The number of fused-ring (bicyclic) bond motifs is 3. The van der Waals surface area contributed by atoms with E-state index in [9.17, 15) is 0 Å². The minimum Gasteiger partial charge on any atom is -0.456 e. The molecule has 0 saturated heterocycles. The van der Waals surface area contributed by atoms with Crippen molar-refractivity contribution in [2.75, 3.05) is 0 Å². The first-order valence-electron chi connectivity index (χ1n) is 10.7. The van der Waals surface area contributed by atoms with Gasteiger partial charge >= 0.3 is 0 Å². The molecular weight excluding hydrogens is 412 g/mol. The molecule has 0 aliphatic carbocycles. The Morgan fingerprint density at radius 3 is 2.56 bits per heavy atom. The zero-order valence-electron chi connectivity index (χ0n) is 18.2. The number of nitrogens with zero attached hydrogens (tertiary/aromatic N) is 2. The molecule has 0 aliphatic heterocycles. The van der Waals surface area contributed by atoms with E-state index in [0.717, 1.165) is 43.8 Å². The average molecular weight is 435 g/mol. The summed E-state index contributed by atoms with van der Waals surface area (Å²) in [6.07, 6.45) is 3.68. The topological polar surface area (TPSA) is 38.9 Å². The summed E-state index contributed by atoms with van der Waals surface area (Å²) in [6, 6.07) is 21.3. The summed E-state index contributed by atoms with van der Waals surface area (Å²) >= 11 is 1.69. The fourth-order valence-corrected chi connectivity index (χ4v) is 5.33. The quantitative estimate of drug-likeness (QED) is 0.275. The van der Waals surface area contributed by atoms with Crippen LogP contribution < -0.4 is 0 Å². The highest BCUT2D eigenvalue weighted by Crippen LogP contribution is 2.39. The van der Waals surface area contributed by atoms with Crippen LogP contribution in [0, 0.1) is 0 Å². The molecule has 32 heavy (non-hydrogen) atoms. The summed E-state index contributed by atoms with van der Waals surface area (Å²) in [5.74, 6) is 0.848. The lowest BCUT2D eigenvalue weighted by molar-refractivity contribution is 0.596. The molecule has 0 saturated carbocycles. The normalized spacial score (nSPS) is 12.2. The van der Waals surface area contributed by atoms with Gasteiger partial charge in [-0.05, 0) is 63.5 Å². The van der Waals surface area contributed by atoms with Gasteiger partial charge in [0.05, 0.1) is 15.9 Å². The van der Waals surface area contributed by atoms with Crippen molar-refractivity contribution in [2.24, 2.45) is 0 Å². The monoisotopic (exact) mass is 434 g/mol. The summed E-state index contributed by atoms with van der Waals surface area (Å²) in [7, 11) is 0. The van der Waals surface area contributed by atoms with Gasteiger partial charge in [0.2, 0.25) is 0 Å². The maximum Gasteiger partial charge on any atom is 0.138 e. The molecule has 0 spiro atoms. The van der Waals surface area contributed by atoms with Crippen LogP contribution in [0.5, 0.6) is 0 Å². The Morgan fingerprint density at radius 1 is 0.844 bits per heavy atom. The second kappa shape index (κ2) is 7.01. The van der Waals surface area contributed by atoms with Gasteiger partial charge in [-0.1, -0.05) is 45.0 Å². The van der Waals surface area contributed by atoms with Crippen LogP contribution in [0.25, 0.3) is 54.5 Å². The van der Waals surface area contributed by atoms with Gasteiger partial charge in [-0.3, -0.25) is 9.97 Å². The number of benzene rings is 2. The Labute approximate surface area is 190 Å². The third-order valence-electron chi connectivity index (χ3n) is 6.00. The van der Waals surface area contributed by atoms with E-state index >= 15 is 0 Å². The standard InChI is InChI=1S/C28H22N2OS/c1-28(2,3)22-15-18(14-17-6-4-5-7-19(17)22)26-21-16-25(31-24(21)9-12-30-26)20-8-11-29-23-10-13-32-27(20)23/h4-16H,1-3H3. The van der Waals surface area contributed by atoms with Gasteiger partial charge < -0.3 is 4.42 Å². The average Bonchev–Trinajstić information content (AvgIpc) is 3.44. The van der Waals surface area contributed by atoms with Gasteiger partial charge in [0.1, 0.15) is 11.3 Å². The molecule has 4 heterocycles. The smallest absolute Gasteiger partial charge is 0.138 e. The van der Waals surface area contributed by atoms with Crippen LogP contribution in [0.1, 0.15) is 26.3 Å². The molecule has 4 aromatic heterocycles. The highest BCUT2D eigenvalue weighted by Gasteiger charge is 2.20. The Hall–Kier alpha value is -3.50. The highest BCUT2D eigenvalue weighted by atomic mass is 32.1. The third-order valence-corrected chi connectivity index (χ3v) is 6.93. The van der Waals surface area contributed by atoms with Crippen molar-refractivity contribution in [3.05, 3.63) is 84.0 Å². The number of aromatic nitrogens is 2. The van der Waals surface area contributed by atoms with Gasteiger partial charge in [0, 0.05) is 28.9 Å². The molecule has 156 valence electrons. The van der Waals surface area contributed by atoms with Gasteiger partial charge in [0.25, 0.3) is 0 Å². The first-order valence-corrected chi connectivity index (χ1v) is 11.6. The molecule has 6 aromatic rings. The number of hydrogen-bond donors (Lipinski definition) is 0. The molecule has 0 radical (unpaired) electrons. The molecule has 2 aromatic carbocycles. The highest BCUT2D eigenvalue weighted by molar-refractivity contribution is 7.17. The van der Waals surface area contributed by atoms with Gasteiger partial charge in [-0.25, -0.2) is 0 Å². The number of thiophene rings is 1. The Balaban J connectivity index is 1.60. The molecule has 0 atom stereocenters. The number of hydrogen-bond acceptors (Lipinski definition) is 4. The van der Waals surface area contributed by atoms with Crippen molar-refractivity contribution in [1.82, 2.24) is 9.97 Å². The number of pyridine rings is 2. The molecule has 0 amide bonds. The van der Waals surface area contributed by atoms with Crippen molar-refractivity contribution in [2.45, 2.75) is 26.2 Å². The van der Waals surface area contributed by atoms with Crippen LogP contribution >= 0.6 is 11.3 Å².